The van der Waals surface area contributed by atoms with E-state index in [-0.39, 0.29) is 0 Å². The van der Waals surface area contributed by atoms with Crippen LogP contribution < -0.4 is 15.4 Å². The van der Waals surface area contributed by atoms with E-state index in [0.29, 0.717) is 0 Å². The molecule has 78 valence electrons. The second kappa shape index (κ2) is 4.86. The zero-order valence-electron chi connectivity index (χ0n) is 9.27. The van der Waals surface area contributed by atoms with Gasteiger partial charge in [-0.1, -0.05) is 0 Å². The lowest BCUT2D eigenvalue weighted by Crippen LogP contribution is -2.17. The van der Waals surface area contributed by atoms with Gasteiger partial charge < -0.3 is 15.4 Å². The van der Waals surface area contributed by atoms with E-state index in [9.17, 15) is 0 Å². The zero-order chi connectivity index (χ0) is 10.6. The van der Waals surface area contributed by atoms with Crippen LogP contribution in [0.2, 0.25) is 0 Å². The first-order valence-electron chi connectivity index (χ1n) is 4.72. The van der Waals surface area contributed by atoms with Gasteiger partial charge in [0, 0.05) is 5.69 Å². The summed E-state index contributed by atoms with van der Waals surface area (Å²) >= 11 is 0. The van der Waals surface area contributed by atoms with E-state index in [1.165, 1.54) is 5.56 Å². The maximum absolute atomic E-state index is 5.24. The predicted molar refractivity (Wildman–Crippen MR) is 60.0 cm³/mol. The standard InChI is InChI=1S/C11H18N2O/c1-8-6-11(14-4)9(2)5-10(8)13-7-12-3/h5-6,12-13H,7H2,1-4H3. The Kier molecular flexibility index (Phi) is 3.77. The summed E-state index contributed by atoms with van der Waals surface area (Å²) in [5.41, 5.74) is 3.50. The summed E-state index contributed by atoms with van der Waals surface area (Å²) in [5.74, 6) is 0.942. The number of anilines is 1. The fourth-order valence-electron chi connectivity index (χ4n) is 1.38. The quantitative estimate of drug-likeness (QED) is 0.718. The Balaban J connectivity index is 2.90. The molecule has 0 saturated carbocycles. The van der Waals surface area contributed by atoms with Crippen molar-refractivity contribution in [3.05, 3.63) is 23.3 Å². The van der Waals surface area contributed by atoms with Crippen molar-refractivity contribution in [1.82, 2.24) is 5.32 Å². The number of rotatable bonds is 4. The Labute approximate surface area is 85.5 Å². The number of ether oxygens (including phenoxy) is 1. The summed E-state index contributed by atoms with van der Waals surface area (Å²) in [5, 5.41) is 6.34. The van der Waals surface area contributed by atoms with E-state index in [4.69, 9.17) is 4.74 Å². The highest BCUT2D eigenvalue weighted by Crippen LogP contribution is 2.25. The molecule has 0 heterocycles. The molecule has 0 radical (unpaired) electrons. The van der Waals surface area contributed by atoms with Crippen LogP contribution >= 0.6 is 0 Å². The first kappa shape index (κ1) is 10.9. The molecule has 0 spiro atoms. The molecule has 0 fully saturated rings. The molecule has 0 atom stereocenters. The molecule has 0 aromatic heterocycles. The van der Waals surface area contributed by atoms with Crippen molar-refractivity contribution >= 4 is 5.69 Å². The van der Waals surface area contributed by atoms with Crippen LogP contribution in [0.4, 0.5) is 5.69 Å². The van der Waals surface area contributed by atoms with Gasteiger partial charge in [-0.15, -0.1) is 0 Å². The number of hydrogen-bond acceptors (Lipinski definition) is 3. The third kappa shape index (κ3) is 2.39. The van der Waals surface area contributed by atoms with E-state index in [2.05, 4.69) is 23.6 Å². The fourth-order valence-corrected chi connectivity index (χ4v) is 1.38. The van der Waals surface area contributed by atoms with Crippen LogP contribution in [0.3, 0.4) is 0 Å². The van der Waals surface area contributed by atoms with Gasteiger partial charge in [0.25, 0.3) is 0 Å². The smallest absolute Gasteiger partial charge is 0.122 e. The summed E-state index contributed by atoms with van der Waals surface area (Å²) < 4.78 is 5.24. The SMILES string of the molecule is CNCNc1cc(C)c(OC)cc1C. The molecular weight excluding hydrogens is 176 g/mol. The van der Waals surface area contributed by atoms with Gasteiger partial charge in [-0.2, -0.15) is 0 Å². The molecule has 1 aromatic rings. The Morgan fingerprint density at radius 2 is 1.93 bits per heavy atom. The summed E-state index contributed by atoms with van der Waals surface area (Å²) in [6.07, 6.45) is 0. The molecule has 0 saturated heterocycles. The second-order valence-electron chi connectivity index (χ2n) is 3.34. The minimum absolute atomic E-state index is 0.770. The maximum Gasteiger partial charge on any atom is 0.122 e. The molecule has 0 bridgehead atoms. The molecular formula is C11H18N2O. The van der Waals surface area contributed by atoms with Crippen molar-refractivity contribution in [2.75, 3.05) is 26.1 Å². The van der Waals surface area contributed by atoms with Gasteiger partial charge in [-0.05, 0) is 44.2 Å². The zero-order valence-corrected chi connectivity index (χ0v) is 9.27. The lowest BCUT2D eigenvalue weighted by molar-refractivity contribution is 0.411. The Morgan fingerprint density at radius 1 is 1.21 bits per heavy atom. The topological polar surface area (TPSA) is 33.3 Å². The summed E-state index contributed by atoms with van der Waals surface area (Å²) in [7, 11) is 3.61. The monoisotopic (exact) mass is 194 g/mol. The number of aryl methyl sites for hydroxylation is 2. The normalized spacial score (nSPS) is 10.0. The first-order valence-corrected chi connectivity index (χ1v) is 4.72. The molecule has 0 unspecified atom stereocenters. The van der Waals surface area contributed by atoms with Crippen molar-refractivity contribution in [2.45, 2.75) is 13.8 Å². The second-order valence-corrected chi connectivity index (χ2v) is 3.34. The number of nitrogens with one attached hydrogen (secondary N) is 2. The number of hydrogen-bond donors (Lipinski definition) is 2. The first-order chi connectivity index (χ1) is 6.69. The molecule has 0 aliphatic carbocycles. The summed E-state index contributed by atoms with van der Waals surface area (Å²) in [6, 6.07) is 4.15. The van der Waals surface area contributed by atoms with Gasteiger partial charge >= 0.3 is 0 Å². The van der Waals surface area contributed by atoms with Crippen molar-refractivity contribution in [1.29, 1.82) is 0 Å². The molecule has 2 N–H and O–H groups in total. The maximum atomic E-state index is 5.24. The predicted octanol–water partition coefficient (Wildman–Crippen LogP) is 1.90. The van der Waals surface area contributed by atoms with E-state index in [1.54, 1.807) is 7.11 Å². The fraction of sp³-hybridized carbons (Fsp3) is 0.455. The van der Waals surface area contributed by atoms with Crippen molar-refractivity contribution in [3.63, 3.8) is 0 Å². The highest BCUT2D eigenvalue weighted by atomic mass is 16.5. The average molecular weight is 194 g/mol. The van der Waals surface area contributed by atoms with Gasteiger partial charge in [0.05, 0.1) is 13.8 Å². The Bertz CT molecular complexity index is 310. The van der Waals surface area contributed by atoms with Gasteiger partial charge in [-0.25, -0.2) is 0 Å². The van der Waals surface area contributed by atoms with E-state index < -0.39 is 0 Å². The molecule has 1 rings (SSSR count). The van der Waals surface area contributed by atoms with Crippen molar-refractivity contribution in [3.8, 4) is 5.75 Å². The Morgan fingerprint density at radius 3 is 2.50 bits per heavy atom. The molecule has 0 aliphatic heterocycles. The van der Waals surface area contributed by atoms with Gasteiger partial charge in [0.2, 0.25) is 0 Å². The summed E-state index contributed by atoms with van der Waals surface area (Å²) in [6.45, 7) is 4.88. The van der Waals surface area contributed by atoms with Gasteiger partial charge in [0.15, 0.2) is 0 Å². The van der Waals surface area contributed by atoms with E-state index in [1.807, 2.05) is 20.0 Å². The van der Waals surface area contributed by atoms with Crippen LogP contribution in [0.15, 0.2) is 12.1 Å². The highest BCUT2D eigenvalue weighted by molar-refractivity contribution is 5.56. The largest absolute Gasteiger partial charge is 0.496 e. The van der Waals surface area contributed by atoms with Crippen LogP contribution in [-0.2, 0) is 0 Å². The number of benzene rings is 1. The van der Waals surface area contributed by atoms with Crippen LogP contribution in [0.25, 0.3) is 0 Å². The van der Waals surface area contributed by atoms with Crippen LogP contribution in [-0.4, -0.2) is 20.8 Å². The van der Waals surface area contributed by atoms with Gasteiger partial charge in [-0.3, -0.25) is 0 Å². The minimum Gasteiger partial charge on any atom is -0.496 e. The Hall–Kier alpha value is -1.22. The lowest BCUT2D eigenvalue weighted by atomic mass is 10.1. The van der Waals surface area contributed by atoms with E-state index >= 15 is 0 Å². The lowest BCUT2D eigenvalue weighted by Gasteiger charge is -2.12. The van der Waals surface area contributed by atoms with Gasteiger partial charge in [0.1, 0.15) is 5.75 Å². The van der Waals surface area contributed by atoms with Crippen molar-refractivity contribution < 1.29 is 4.74 Å². The van der Waals surface area contributed by atoms with Crippen LogP contribution in [0.5, 0.6) is 5.75 Å². The third-order valence-corrected chi connectivity index (χ3v) is 2.20. The molecule has 3 heteroatoms. The van der Waals surface area contributed by atoms with Crippen LogP contribution in [0.1, 0.15) is 11.1 Å². The summed E-state index contributed by atoms with van der Waals surface area (Å²) in [4.78, 5) is 0. The van der Waals surface area contributed by atoms with Crippen LogP contribution in [0, 0.1) is 13.8 Å². The molecule has 0 amide bonds. The molecule has 3 nitrogen and oxygen atoms in total. The average Bonchev–Trinajstić information content (AvgIpc) is 2.18. The number of methoxy groups -OCH3 is 1. The van der Waals surface area contributed by atoms with E-state index in [0.717, 1.165) is 23.7 Å². The molecule has 0 aliphatic rings. The highest BCUT2D eigenvalue weighted by Gasteiger charge is 2.03. The van der Waals surface area contributed by atoms with Crippen molar-refractivity contribution in [2.24, 2.45) is 0 Å². The minimum atomic E-state index is 0.770. The third-order valence-electron chi connectivity index (χ3n) is 2.20. The molecule has 14 heavy (non-hydrogen) atoms. The molecule has 1 aromatic carbocycles.